The van der Waals surface area contributed by atoms with Crippen molar-refractivity contribution in [3.05, 3.63) is 0 Å². The minimum atomic E-state index is -4.96. The molecule has 0 bridgehead atoms. The molecule has 0 aromatic carbocycles. The van der Waals surface area contributed by atoms with Crippen LogP contribution < -0.4 is 0 Å². The van der Waals surface area contributed by atoms with E-state index in [0.29, 0.717) is 31.6 Å². The van der Waals surface area contributed by atoms with Crippen molar-refractivity contribution in [3.8, 4) is 0 Å². The van der Waals surface area contributed by atoms with E-state index >= 15 is 0 Å². The van der Waals surface area contributed by atoms with Gasteiger partial charge in [0, 0.05) is 25.7 Å². The molecule has 0 radical (unpaired) electrons. The van der Waals surface area contributed by atoms with E-state index in [0.717, 1.165) is 108 Å². The van der Waals surface area contributed by atoms with Gasteiger partial charge in [-0.3, -0.25) is 37.3 Å². The van der Waals surface area contributed by atoms with Crippen LogP contribution in [0.25, 0.3) is 0 Å². The monoisotopic (exact) mass is 1470 g/mol. The Morgan fingerprint density at radius 3 is 0.680 bits per heavy atom. The fraction of sp³-hybridized carbons (Fsp3) is 0.951. The first-order valence-electron chi connectivity index (χ1n) is 41.8. The molecule has 5 atom stereocenters. The van der Waals surface area contributed by atoms with E-state index in [-0.39, 0.29) is 25.7 Å². The molecule has 0 aromatic rings. The Hall–Kier alpha value is -1.94. The quantitative estimate of drug-likeness (QED) is 0.0222. The van der Waals surface area contributed by atoms with Gasteiger partial charge in [-0.25, -0.2) is 9.13 Å². The van der Waals surface area contributed by atoms with Gasteiger partial charge in [0.15, 0.2) is 12.2 Å². The highest BCUT2D eigenvalue weighted by atomic mass is 31.2. The van der Waals surface area contributed by atoms with Gasteiger partial charge in [0.1, 0.15) is 19.3 Å². The molecule has 0 heterocycles. The third kappa shape index (κ3) is 74.3. The summed E-state index contributed by atoms with van der Waals surface area (Å²) in [6.07, 6.45) is 59.9. The summed E-state index contributed by atoms with van der Waals surface area (Å²) in [4.78, 5) is 73.0. The maximum Gasteiger partial charge on any atom is 0.472 e. The number of phosphoric ester groups is 2. The summed E-state index contributed by atoms with van der Waals surface area (Å²) in [7, 11) is -9.92. The number of ether oxygens (including phenoxy) is 4. The number of hydrogen-bond donors (Lipinski definition) is 3. The lowest BCUT2D eigenvalue weighted by Gasteiger charge is -2.21. The second-order valence-corrected chi connectivity index (χ2v) is 33.5. The van der Waals surface area contributed by atoms with Gasteiger partial charge in [-0.2, -0.15) is 0 Å². The van der Waals surface area contributed by atoms with Crippen molar-refractivity contribution in [1.82, 2.24) is 0 Å². The Morgan fingerprint density at radius 2 is 0.460 bits per heavy atom. The van der Waals surface area contributed by atoms with Crippen LogP contribution in [0.15, 0.2) is 0 Å². The normalized spacial score (nSPS) is 14.0. The zero-order valence-corrected chi connectivity index (χ0v) is 67.5. The first kappa shape index (κ1) is 98.1. The Balaban J connectivity index is 5.21. The summed E-state index contributed by atoms with van der Waals surface area (Å²) in [6, 6.07) is 0. The second kappa shape index (κ2) is 71.3. The maximum absolute atomic E-state index is 13.1. The van der Waals surface area contributed by atoms with Gasteiger partial charge in [0.25, 0.3) is 0 Å². The van der Waals surface area contributed by atoms with Gasteiger partial charge in [-0.1, -0.05) is 370 Å². The molecule has 19 heteroatoms. The minimum Gasteiger partial charge on any atom is -0.462 e. The molecule has 0 fully saturated rings. The molecule has 0 spiro atoms. The van der Waals surface area contributed by atoms with Crippen LogP contribution in [0.3, 0.4) is 0 Å². The lowest BCUT2D eigenvalue weighted by molar-refractivity contribution is -0.161. The molecular formula is C81H158O17P2. The van der Waals surface area contributed by atoms with Crippen molar-refractivity contribution in [2.75, 3.05) is 39.6 Å². The molecule has 0 rings (SSSR count). The van der Waals surface area contributed by atoms with Crippen LogP contribution in [0.5, 0.6) is 0 Å². The Morgan fingerprint density at radius 1 is 0.270 bits per heavy atom. The van der Waals surface area contributed by atoms with Crippen LogP contribution in [-0.2, 0) is 65.4 Å². The van der Waals surface area contributed by atoms with E-state index in [1.807, 2.05) is 0 Å². The Kier molecular flexibility index (Phi) is 69.9. The van der Waals surface area contributed by atoms with E-state index in [4.69, 9.17) is 37.0 Å². The molecule has 0 saturated heterocycles. The zero-order chi connectivity index (χ0) is 73.7. The van der Waals surface area contributed by atoms with Crippen molar-refractivity contribution in [2.24, 2.45) is 17.8 Å². The van der Waals surface area contributed by atoms with Gasteiger partial charge in [-0.05, 0) is 43.4 Å². The number of carbonyl (C=O) groups excluding carboxylic acids is 4. The molecule has 100 heavy (non-hydrogen) atoms. The summed E-state index contributed by atoms with van der Waals surface area (Å²) in [5, 5.41) is 10.6. The molecule has 0 aromatic heterocycles. The molecule has 2 unspecified atom stereocenters. The standard InChI is InChI=1S/C81H158O17P2/c1-8-9-10-11-12-13-14-15-16-17-18-19-20-21-22-25-31-36-41-50-57-64-80(85)97-76(68-91-78(83)62-55-48-40-35-30-26-23-24-28-33-38-45-52-59-72(2)3)70-95-99(87,88)93-66-75(82)67-94-100(89,90)96-71-77(69-92-79(84)63-56-49-44-43-47-54-61-74(6)7)98-81(86)65-58-51-42-37-32-27-29-34-39-46-53-60-73(4)5/h72-77,82H,8-71H2,1-7H3,(H,87,88)(H,89,90)/t75-,76-,77-/m1/s1. The van der Waals surface area contributed by atoms with Gasteiger partial charge in [-0.15, -0.1) is 0 Å². The van der Waals surface area contributed by atoms with Gasteiger partial charge in [0.05, 0.1) is 26.4 Å². The van der Waals surface area contributed by atoms with Crippen LogP contribution in [0, 0.1) is 17.8 Å². The van der Waals surface area contributed by atoms with E-state index in [1.54, 1.807) is 0 Å². The highest BCUT2D eigenvalue weighted by molar-refractivity contribution is 7.47. The smallest absolute Gasteiger partial charge is 0.462 e. The second-order valence-electron chi connectivity index (χ2n) is 30.6. The lowest BCUT2D eigenvalue weighted by atomic mass is 10.0. The molecule has 3 N–H and O–H groups in total. The SMILES string of the molecule is CCCCCCCCCCCCCCCCCCCCCCCC(=O)O[C@H](COC(=O)CCCCCCCCCCCCCCCC(C)C)COP(=O)(O)OC[C@@H](O)COP(=O)(O)OC[C@@H](COC(=O)CCCCCCCCC(C)C)OC(=O)CCCCCCCCCCCCCC(C)C. The molecular weight excluding hydrogens is 1310 g/mol. The van der Waals surface area contributed by atoms with Crippen LogP contribution in [0.1, 0.15) is 421 Å². The number of aliphatic hydroxyl groups excluding tert-OH is 1. The van der Waals surface area contributed by atoms with E-state index in [1.165, 1.54) is 225 Å². The molecule has 594 valence electrons. The fourth-order valence-corrected chi connectivity index (χ4v) is 14.1. The molecule has 0 aliphatic rings. The summed E-state index contributed by atoms with van der Waals surface area (Å²) in [5.41, 5.74) is 0. The van der Waals surface area contributed by atoms with Crippen molar-refractivity contribution < 1.29 is 80.2 Å². The summed E-state index contributed by atoms with van der Waals surface area (Å²) >= 11 is 0. The zero-order valence-electron chi connectivity index (χ0n) is 65.7. The first-order chi connectivity index (χ1) is 48.2. The summed E-state index contributed by atoms with van der Waals surface area (Å²) < 4.78 is 68.7. The molecule has 0 aliphatic carbocycles. The van der Waals surface area contributed by atoms with Gasteiger partial charge < -0.3 is 33.8 Å². The van der Waals surface area contributed by atoms with Gasteiger partial charge >= 0.3 is 39.5 Å². The highest BCUT2D eigenvalue weighted by Gasteiger charge is 2.30. The predicted molar refractivity (Wildman–Crippen MR) is 409 cm³/mol. The molecule has 0 amide bonds. The van der Waals surface area contributed by atoms with Crippen molar-refractivity contribution in [1.29, 1.82) is 0 Å². The van der Waals surface area contributed by atoms with E-state index < -0.39 is 97.5 Å². The third-order valence-electron chi connectivity index (χ3n) is 18.9. The molecule has 0 aliphatic heterocycles. The average molecular weight is 1470 g/mol. The number of rotatable bonds is 79. The van der Waals surface area contributed by atoms with Crippen LogP contribution in [0.4, 0.5) is 0 Å². The fourth-order valence-electron chi connectivity index (χ4n) is 12.5. The predicted octanol–water partition coefficient (Wildman–Crippen LogP) is 24.1. The van der Waals surface area contributed by atoms with E-state index in [2.05, 4.69) is 48.5 Å². The highest BCUT2D eigenvalue weighted by Crippen LogP contribution is 2.45. The topological polar surface area (TPSA) is 237 Å². The number of phosphoric acid groups is 2. The van der Waals surface area contributed by atoms with Gasteiger partial charge in [0.2, 0.25) is 0 Å². The summed E-state index contributed by atoms with van der Waals surface area (Å²) in [5.74, 6) is 0.121. The Labute approximate surface area is 613 Å². The number of hydrogen-bond acceptors (Lipinski definition) is 15. The van der Waals surface area contributed by atoms with Crippen molar-refractivity contribution in [3.63, 3.8) is 0 Å². The maximum atomic E-state index is 13.1. The largest absolute Gasteiger partial charge is 0.472 e. The van der Waals surface area contributed by atoms with E-state index in [9.17, 15) is 43.2 Å². The number of carbonyl (C=O) groups is 4. The lowest BCUT2D eigenvalue weighted by Crippen LogP contribution is -2.30. The number of aliphatic hydroxyl groups is 1. The van der Waals surface area contributed by atoms with Crippen LogP contribution in [-0.4, -0.2) is 96.7 Å². The minimum absolute atomic E-state index is 0.105. The number of unbranched alkanes of at least 4 members (excludes halogenated alkanes) is 47. The summed E-state index contributed by atoms with van der Waals surface area (Å²) in [6.45, 7) is 11.9. The third-order valence-corrected chi connectivity index (χ3v) is 20.8. The molecule has 0 saturated carbocycles. The van der Waals surface area contributed by atoms with Crippen molar-refractivity contribution >= 4 is 39.5 Å². The van der Waals surface area contributed by atoms with Crippen molar-refractivity contribution in [2.45, 2.75) is 439 Å². The van der Waals surface area contributed by atoms with Crippen LogP contribution in [0.2, 0.25) is 0 Å². The average Bonchev–Trinajstić information content (AvgIpc) is 0.922. The molecule has 17 nitrogen and oxygen atoms in total. The number of esters is 4. The Bertz CT molecular complexity index is 1940. The first-order valence-corrected chi connectivity index (χ1v) is 44.8. The van der Waals surface area contributed by atoms with Crippen LogP contribution >= 0.6 is 15.6 Å².